The van der Waals surface area contributed by atoms with Crippen LogP contribution in [0.3, 0.4) is 0 Å². The zero-order chi connectivity index (χ0) is 18.6. The topological polar surface area (TPSA) is 60.7 Å². The molecule has 3 rings (SSSR count). The van der Waals surface area contributed by atoms with Gasteiger partial charge < -0.3 is 15.3 Å². The molecule has 1 unspecified atom stereocenters. The first kappa shape index (κ1) is 18.6. The molecule has 0 amide bonds. The molecule has 0 bridgehead atoms. The molecule has 1 aromatic rings. The second-order valence-electron chi connectivity index (χ2n) is 9.83. The summed E-state index contributed by atoms with van der Waals surface area (Å²) in [5.41, 5.74) is 0.951. The van der Waals surface area contributed by atoms with Gasteiger partial charge in [-0.25, -0.2) is 0 Å². The second-order valence-corrected chi connectivity index (χ2v) is 9.83. The molecular weight excluding hydrogens is 312 g/mol. The van der Waals surface area contributed by atoms with Crippen LogP contribution in [0.15, 0.2) is 12.1 Å². The number of benzene rings is 1. The molecule has 2 aliphatic rings. The molecule has 1 aromatic carbocycles. The highest BCUT2D eigenvalue weighted by molar-refractivity contribution is 5.46. The Hall–Kier alpha value is -1.22. The molecule has 0 saturated heterocycles. The zero-order valence-corrected chi connectivity index (χ0v) is 16.4. The molecule has 0 aromatic heterocycles. The fourth-order valence-corrected chi connectivity index (χ4v) is 6.27. The summed E-state index contributed by atoms with van der Waals surface area (Å²) in [5, 5.41) is 32.1. The molecule has 3 nitrogen and oxygen atoms in total. The number of phenolic OH excluding ortho intramolecular Hbond substituents is 2. The van der Waals surface area contributed by atoms with Gasteiger partial charge in [-0.3, -0.25) is 0 Å². The monoisotopic (exact) mass is 346 g/mol. The number of fused-ring (bicyclic) bond motifs is 1. The normalized spacial score (nSPS) is 37.5. The predicted octanol–water partition coefficient (Wildman–Crippen LogP) is 4.94. The lowest BCUT2D eigenvalue weighted by Crippen LogP contribution is -2.58. The molecule has 0 aliphatic heterocycles. The average molecular weight is 347 g/mol. The van der Waals surface area contributed by atoms with Crippen molar-refractivity contribution in [2.24, 2.45) is 22.7 Å². The largest absolute Gasteiger partial charge is 0.508 e. The average Bonchev–Trinajstić information content (AvgIpc) is 2.43. The van der Waals surface area contributed by atoms with E-state index in [0.717, 1.165) is 24.8 Å². The SMILES string of the molecule is Cc1cc(O)c(CC2[C@](C)(O)CC[C@H]3C(C)(C)CCC[C@]23C)c(O)c1. The van der Waals surface area contributed by atoms with E-state index in [1.807, 2.05) is 13.8 Å². The Balaban J connectivity index is 2.03. The first-order valence-electron chi connectivity index (χ1n) is 9.71. The molecule has 0 spiro atoms. The quantitative estimate of drug-likeness (QED) is 0.710. The summed E-state index contributed by atoms with van der Waals surface area (Å²) in [6.45, 7) is 10.9. The lowest BCUT2D eigenvalue weighted by Gasteiger charge is -2.61. The summed E-state index contributed by atoms with van der Waals surface area (Å²) in [6, 6.07) is 3.41. The fraction of sp³-hybridized carbons (Fsp3) is 0.727. The van der Waals surface area contributed by atoms with Gasteiger partial charge in [0.2, 0.25) is 0 Å². The van der Waals surface area contributed by atoms with Crippen LogP contribution in [-0.4, -0.2) is 20.9 Å². The minimum absolute atomic E-state index is 0.0211. The van der Waals surface area contributed by atoms with Crippen molar-refractivity contribution >= 4 is 0 Å². The fourth-order valence-electron chi connectivity index (χ4n) is 6.27. The van der Waals surface area contributed by atoms with E-state index in [9.17, 15) is 15.3 Å². The van der Waals surface area contributed by atoms with Crippen LogP contribution in [0, 0.1) is 29.6 Å². The van der Waals surface area contributed by atoms with Gasteiger partial charge in [-0.1, -0.05) is 27.2 Å². The number of hydrogen-bond donors (Lipinski definition) is 3. The molecule has 3 N–H and O–H groups in total. The third kappa shape index (κ3) is 3.05. The van der Waals surface area contributed by atoms with Gasteiger partial charge in [0.1, 0.15) is 11.5 Å². The van der Waals surface area contributed by atoms with E-state index in [0.29, 0.717) is 17.9 Å². The van der Waals surface area contributed by atoms with Crippen LogP contribution < -0.4 is 0 Å². The number of aromatic hydroxyl groups is 2. The molecule has 2 saturated carbocycles. The van der Waals surface area contributed by atoms with Gasteiger partial charge in [-0.2, -0.15) is 0 Å². The maximum absolute atomic E-state index is 11.2. The maximum Gasteiger partial charge on any atom is 0.122 e. The minimum atomic E-state index is -0.775. The van der Waals surface area contributed by atoms with Crippen molar-refractivity contribution in [1.82, 2.24) is 0 Å². The molecule has 25 heavy (non-hydrogen) atoms. The van der Waals surface area contributed by atoms with Crippen LogP contribution in [0.4, 0.5) is 0 Å². The van der Waals surface area contributed by atoms with Gasteiger partial charge in [0.25, 0.3) is 0 Å². The van der Waals surface area contributed by atoms with Crippen molar-refractivity contribution in [2.75, 3.05) is 0 Å². The summed E-state index contributed by atoms with van der Waals surface area (Å²) in [6.07, 6.45) is 5.89. The highest BCUT2D eigenvalue weighted by Gasteiger charge is 2.57. The van der Waals surface area contributed by atoms with Crippen molar-refractivity contribution < 1.29 is 15.3 Å². The van der Waals surface area contributed by atoms with E-state index in [1.54, 1.807) is 12.1 Å². The summed E-state index contributed by atoms with van der Waals surface area (Å²) in [7, 11) is 0. The predicted molar refractivity (Wildman–Crippen MR) is 101 cm³/mol. The Kier molecular flexibility index (Phi) is 4.39. The lowest BCUT2D eigenvalue weighted by molar-refractivity contribution is -0.166. The van der Waals surface area contributed by atoms with Crippen molar-refractivity contribution in [1.29, 1.82) is 0 Å². The first-order valence-corrected chi connectivity index (χ1v) is 9.71. The second kappa shape index (κ2) is 5.90. The lowest BCUT2D eigenvalue weighted by atomic mass is 9.45. The van der Waals surface area contributed by atoms with Crippen LogP contribution in [0.5, 0.6) is 11.5 Å². The van der Waals surface area contributed by atoms with E-state index in [4.69, 9.17) is 0 Å². The van der Waals surface area contributed by atoms with Crippen molar-refractivity contribution in [3.63, 3.8) is 0 Å². The number of phenols is 2. The van der Waals surface area contributed by atoms with Gasteiger partial charge in [0, 0.05) is 5.56 Å². The molecule has 2 aliphatic carbocycles. The van der Waals surface area contributed by atoms with Gasteiger partial charge in [0.05, 0.1) is 5.60 Å². The van der Waals surface area contributed by atoms with Gasteiger partial charge in [-0.05, 0) is 86.3 Å². The van der Waals surface area contributed by atoms with Crippen LogP contribution in [0.1, 0.15) is 70.9 Å². The minimum Gasteiger partial charge on any atom is -0.508 e. The molecule has 140 valence electrons. The molecule has 0 radical (unpaired) electrons. The third-order valence-corrected chi connectivity index (χ3v) is 7.52. The van der Waals surface area contributed by atoms with E-state index in [1.165, 1.54) is 12.8 Å². The highest BCUT2D eigenvalue weighted by Crippen LogP contribution is 2.62. The zero-order valence-electron chi connectivity index (χ0n) is 16.4. The van der Waals surface area contributed by atoms with Gasteiger partial charge in [0.15, 0.2) is 0 Å². The number of aryl methyl sites for hydroxylation is 1. The molecule has 4 atom stereocenters. The van der Waals surface area contributed by atoms with Crippen LogP contribution in [0.2, 0.25) is 0 Å². The number of rotatable bonds is 2. The van der Waals surface area contributed by atoms with Crippen molar-refractivity contribution in [2.45, 2.75) is 78.7 Å². The number of hydrogen-bond acceptors (Lipinski definition) is 3. The molecular formula is C22H34O3. The summed E-state index contributed by atoms with van der Waals surface area (Å²) in [4.78, 5) is 0. The standard InChI is InChI=1S/C22H34O3/c1-14-11-16(23)15(17(24)12-14)13-19-21(4)9-6-8-20(2,3)18(21)7-10-22(19,5)25/h11-12,18-19,23-25H,6-10,13H2,1-5H3/t18-,19?,21-,22+/m0/s1. The van der Waals surface area contributed by atoms with Crippen LogP contribution in [-0.2, 0) is 6.42 Å². The van der Waals surface area contributed by atoms with Gasteiger partial charge in [-0.15, -0.1) is 0 Å². The number of aliphatic hydroxyl groups is 1. The Morgan fingerprint density at radius 1 is 1.00 bits per heavy atom. The Bertz CT molecular complexity index is 638. The van der Waals surface area contributed by atoms with Crippen LogP contribution in [0.25, 0.3) is 0 Å². The Labute approximate surface area is 152 Å². The summed E-state index contributed by atoms with van der Waals surface area (Å²) in [5.74, 6) is 0.884. The first-order chi connectivity index (χ1) is 11.5. The third-order valence-electron chi connectivity index (χ3n) is 7.52. The van der Waals surface area contributed by atoms with E-state index < -0.39 is 5.60 Å². The highest BCUT2D eigenvalue weighted by atomic mass is 16.3. The van der Waals surface area contributed by atoms with E-state index >= 15 is 0 Å². The Morgan fingerprint density at radius 3 is 2.20 bits per heavy atom. The summed E-state index contributed by atoms with van der Waals surface area (Å²) < 4.78 is 0. The van der Waals surface area contributed by atoms with E-state index in [-0.39, 0.29) is 28.2 Å². The maximum atomic E-state index is 11.2. The Morgan fingerprint density at radius 2 is 1.60 bits per heavy atom. The van der Waals surface area contributed by atoms with Crippen molar-refractivity contribution in [3.8, 4) is 11.5 Å². The molecule has 0 heterocycles. The molecule has 2 fully saturated rings. The molecule has 3 heteroatoms. The van der Waals surface area contributed by atoms with Gasteiger partial charge >= 0.3 is 0 Å². The summed E-state index contributed by atoms with van der Waals surface area (Å²) >= 11 is 0. The van der Waals surface area contributed by atoms with E-state index in [2.05, 4.69) is 20.8 Å². The van der Waals surface area contributed by atoms with Crippen LogP contribution >= 0.6 is 0 Å². The smallest absolute Gasteiger partial charge is 0.122 e. The van der Waals surface area contributed by atoms with Crippen molar-refractivity contribution in [3.05, 3.63) is 23.3 Å².